The first-order valence-corrected chi connectivity index (χ1v) is 10.8. The second-order valence-electron chi connectivity index (χ2n) is 8.45. The van der Waals surface area contributed by atoms with Gasteiger partial charge in [-0.15, -0.1) is 0 Å². The van der Waals surface area contributed by atoms with Gasteiger partial charge in [0.05, 0.1) is 29.6 Å². The van der Waals surface area contributed by atoms with Crippen molar-refractivity contribution in [1.29, 1.82) is 0 Å². The highest BCUT2D eigenvalue weighted by Gasteiger charge is 2.31. The number of carbonyl (C=O) groups is 1. The molecule has 0 spiro atoms. The van der Waals surface area contributed by atoms with E-state index in [-0.39, 0.29) is 11.6 Å². The smallest absolute Gasteiger partial charge is 0.337 e. The molecule has 0 bridgehead atoms. The van der Waals surface area contributed by atoms with Crippen molar-refractivity contribution in [3.8, 4) is 0 Å². The standard InChI is InChI=1S/C23H33N3O3/c1-6-8-20(25-13-15(3)11-16(4)14-25)21-24-19-12-17(23(28)29-5)9-10-18(19)22(27)26(21)7-2/h9-10,12,15-16,20H,6-8,11,13-14H2,1-5H3/t15-,16+,20?. The molecule has 0 aliphatic carbocycles. The minimum absolute atomic E-state index is 0.0388. The predicted octanol–water partition coefficient (Wildman–Crippen LogP) is 4.02. The fraction of sp³-hybridized carbons (Fsp3) is 0.609. The third-order valence-corrected chi connectivity index (χ3v) is 5.92. The average molecular weight is 400 g/mol. The van der Waals surface area contributed by atoms with Gasteiger partial charge in [0.1, 0.15) is 5.82 Å². The number of hydrogen-bond donors (Lipinski definition) is 0. The van der Waals surface area contributed by atoms with Crippen LogP contribution in [0.15, 0.2) is 23.0 Å². The van der Waals surface area contributed by atoms with E-state index in [4.69, 9.17) is 9.72 Å². The van der Waals surface area contributed by atoms with E-state index in [1.807, 2.05) is 11.5 Å². The van der Waals surface area contributed by atoms with Gasteiger partial charge in [-0.3, -0.25) is 14.3 Å². The van der Waals surface area contributed by atoms with Gasteiger partial charge in [-0.1, -0.05) is 27.2 Å². The van der Waals surface area contributed by atoms with Gasteiger partial charge in [0, 0.05) is 19.6 Å². The van der Waals surface area contributed by atoms with E-state index in [0.29, 0.717) is 34.8 Å². The summed E-state index contributed by atoms with van der Waals surface area (Å²) in [6.45, 7) is 11.4. The topological polar surface area (TPSA) is 64.4 Å². The number of nitrogens with zero attached hydrogens (tertiary/aromatic N) is 3. The molecule has 0 radical (unpaired) electrons. The van der Waals surface area contributed by atoms with Crippen LogP contribution in [0.4, 0.5) is 0 Å². The minimum atomic E-state index is -0.418. The zero-order chi connectivity index (χ0) is 21.1. The van der Waals surface area contributed by atoms with Gasteiger partial charge in [0.25, 0.3) is 5.56 Å². The molecule has 1 unspecified atom stereocenters. The zero-order valence-corrected chi connectivity index (χ0v) is 18.3. The van der Waals surface area contributed by atoms with Crippen LogP contribution in [0, 0.1) is 11.8 Å². The van der Waals surface area contributed by atoms with Gasteiger partial charge in [-0.05, 0) is 49.8 Å². The molecule has 6 nitrogen and oxygen atoms in total. The van der Waals surface area contributed by atoms with E-state index < -0.39 is 5.97 Å². The van der Waals surface area contributed by atoms with E-state index in [1.54, 1.807) is 18.2 Å². The Bertz CT molecular complexity index is 927. The van der Waals surface area contributed by atoms with Crippen LogP contribution in [0.1, 0.15) is 69.2 Å². The van der Waals surface area contributed by atoms with Crippen molar-refractivity contribution in [2.75, 3.05) is 20.2 Å². The second-order valence-corrected chi connectivity index (χ2v) is 8.45. The fourth-order valence-electron chi connectivity index (χ4n) is 4.76. The molecule has 1 aromatic heterocycles. The van der Waals surface area contributed by atoms with Crippen LogP contribution in [0.3, 0.4) is 0 Å². The summed E-state index contributed by atoms with van der Waals surface area (Å²) in [7, 11) is 1.36. The summed E-state index contributed by atoms with van der Waals surface area (Å²) >= 11 is 0. The molecule has 1 aliphatic heterocycles. The Kier molecular flexibility index (Phi) is 6.73. The molecule has 0 N–H and O–H groups in total. The monoisotopic (exact) mass is 399 g/mol. The molecule has 2 heterocycles. The first-order valence-electron chi connectivity index (χ1n) is 10.8. The quantitative estimate of drug-likeness (QED) is 0.687. The van der Waals surface area contributed by atoms with Crippen LogP contribution in [0.25, 0.3) is 10.9 Å². The molecule has 3 atom stereocenters. The molecule has 1 saturated heterocycles. The van der Waals surface area contributed by atoms with Crippen LogP contribution < -0.4 is 5.56 Å². The van der Waals surface area contributed by atoms with Gasteiger partial charge in [-0.2, -0.15) is 0 Å². The van der Waals surface area contributed by atoms with Crippen molar-refractivity contribution in [2.24, 2.45) is 11.8 Å². The number of methoxy groups -OCH3 is 1. The van der Waals surface area contributed by atoms with E-state index >= 15 is 0 Å². The largest absolute Gasteiger partial charge is 0.465 e. The highest BCUT2D eigenvalue weighted by atomic mass is 16.5. The van der Waals surface area contributed by atoms with E-state index in [9.17, 15) is 9.59 Å². The van der Waals surface area contributed by atoms with Crippen molar-refractivity contribution < 1.29 is 9.53 Å². The summed E-state index contributed by atoms with van der Waals surface area (Å²) in [4.78, 5) is 32.7. The molecular weight excluding hydrogens is 366 g/mol. The maximum atomic E-state index is 13.2. The fourth-order valence-corrected chi connectivity index (χ4v) is 4.76. The number of rotatable bonds is 6. The minimum Gasteiger partial charge on any atom is -0.465 e. The maximum Gasteiger partial charge on any atom is 0.337 e. The molecule has 1 fully saturated rings. The second kappa shape index (κ2) is 9.08. The zero-order valence-electron chi connectivity index (χ0n) is 18.3. The Labute approximate surface area is 172 Å². The number of ether oxygens (including phenoxy) is 1. The van der Waals surface area contributed by atoms with Gasteiger partial charge < -0.3 is 4.74 Å². The number of esters is 1. The van der Waals surface area contributed by atoms with E-state index in [1.165, 1.54) is 13.5 Å². The summed E-state index contributed by atoms with van der Waals surface area (Å²) in [6.07, 6.45) is 3.21. The predicted molar refractivity (Wildman–Crippen MR) is 115 cm³/mol. The first kappa shape index (κ1) is 21.5. The highest BCUT2D eigenvalue weighted by Crippen LogP contribution is 2.32. The lowest BCUT2D eigenvalue weighted by atomic mass is 9.90. The molecule has 1 aromatic carbocycles. The van der Waals surface area contributed by atoms with Crippen LogP contribution >= 0.6 is 0 Å². The van der Waals surface area contributed by atoms with Crippen molar-refractivity contribution in [3.63, 3.8) is 0 Å². The number of fused-ring (bicyclic) bond motifs is 1. The Hall–Kier alpha value is -2.21. The van der Waals surface area contributed by atoms with Gasteiger partial charge in [-0.25, -0.2) is 9.78 Å². The summed E-state index contributed by atoms with van der Waals surface area (Å²) < 4.78 is 6.65. The van der Waals surface area contributed by atoms with Crippen LogP contribution in [0.2, 0.25) is 0 Å². The summed E-state index contributed by atoms with van der Waals surface area (Å²) in [5.41, 5.74) is 0.944. The Morgan fingerprint density at radius 2 is 1.93 bits per heavy atom. The average Bonchev–Trinajstić information content (AvgIpc) is 2.70. The molecule has 0 saturated carbocycles. The maximum absolute atomic E-state index is 13.2. The van der Waals surface area contributed by atoms with Crippen LogP contribution in [-0.2, 0) is 11.3 Å². The summed E-state index contributed by atoms with van der Waals surface area (Å²) in [6, 6.07) is 5.10. The number of benzene rings is 1. The van der Waals surface area contributed by atoms with Gasteiger partial charge in [0.2, 0.25) is 0 Å². The lowest BCUT2D eigenvalue weighted by Crippen LogP contribution is -2.43. The molecule has 29 heavy (non-hydrogen) atoms. The normalized spacial score (nSPS) is 21.3. The van der Waals surface area contributed by atoms with E-state index in [0.717, 1.165) is 31.8 Å². The van der Waals surface area contributed by atoms with Crippen LogP contribution in [0.5, 0.6) is 0 Å². The van der Waals surface area contributed by atoms with Crippen LogP contribution in [-0.4, -0.2) is 40.6 Å². The van der Waals surface area contributed by atoms with Crippen molar-refractivity contribution in [2.45, 2.75) is 59.5 Å². The summed E-state index contributed by atoms with van der Waals surface area (Å²) in [5, 5.41) is 0.541. The third-order valence-electron chi connectivity index (χ3n) is 5.92. The Balaban J connectivity index is 2.15. The lowest BCUT2D eigenvalue weighted by Gasteiger charge is -2.40. The van der Waals surface area contributed by atoms with Gasteiger partial charge >= 0.3 is 5.97 Å². The number of piperidine rings is 1. The lowest BCUT2D eigenvalue weighted by molar-refractivity contribution is 0.0601. The SMILES string of the molecule is CCCC(c1nc2cc(C(=O)OC)ccc2c(=O)n1CC)N1C[C@H](C)C[C@H](C)C1. The molecule has 158 valence electrons. The van der Waals surface area contributed by atoms with Gasteiger partial charge in [0.15, 0.2) is 0 Å². The summed E-state index contributed by atoms with van der Waals surface area (Å²) in [5.74, 6) is 1.66. The molecule has 3 rings (SSSR count). The Morgan fingerprint density at radius 1 is 1.24 bits per heavy atom. The van der Waals surface area contributed by atoms with Crippen molar-refractivity contribution in [1.82, 2.24) is 14.5 Å². The first-order chi connectivity index (χ1) is 13.9. The molecular formula is C23H33N3O3. The Morgan fingerprint density at radius 3 is 2.52 bits per heavy atom. The van der Waals surface area contributed by atoms with Crippen molar-refractivity contribution in [3.05, 3.63) is 39.9 Å². The number of aromatic nitrogens is 2. The third kappa shape index (κ3) is 4.37. The molecule has 2 aromatic rings. The molecule has 6 heteroatoms. The molecule has 0 amide bonds. The number of carbonyl (C=O) groups excluding carboxylic acids is 1. The number of likely N-dealkylation sites (tertiary alicyclic amines) is 1. The van der Waals surface area contributed by atoms with Crippen molar-refractivity contribution >= 4 is 16.9 Å². The molecule has 1 aliphatic rings. The highest BCUT2D eigenvalue weighted by molar-refractivity contribution is 5.94. The number of hydrogen-bond acceptors (Lipinski definition) is 5. The van der Waals surface area contributed by atoms with E-state index in [2.05, 4.69) is 25.7 Å².